The van der Waals surface area contributed by atoms with E-state index in [4.69, 9.17) is 4.74 Å². The third-order valence-corrected chi connectivity index (χ3v) is 4.76. The Kier molecular flexibility index (Phi) is 5.89. The first-order valence-corrected chi connectivity index (χ1v) is 9.06. The number of nitrogens with zero attached hydrogens (tertiary/aromatic N) is 3. The molecule has 0 unspecified atom stereocenters. The predicted molar refractivity (Wildman–Crippen MR) is 106 cm³/mol. The topological polar surface area (TPSA) is 64.4 Å². The van der Waals surface area contributed by atoms with Gasteiger partial charge >= 0.3 is 5.97 Å². The van der Waals surface area contributed by atoms with Gasteiger partial charge in [-0.3, -0.25) is 4.79 Å². The zero-order chi connectivity index (χ0) is 20.1. The van der Waals surface area contributed by atoms with Gasteiger partial charge in [0.1, 0.15) is 0 Å². The van der Waals surface area contributed by atoms with E-state index in [1.807, 2.05) is 50.2 Å². The van der Waals surface area contributed by atoms with Crippen molar-refractivity contribution in [1.29, 1.82) is 0 Å². The molecule has 0 spiro atoms. The van der Waals surface area contributed by atoms with Crippen LogP contribution >= 0.6 is 0 Å². The summed E-state index contributed by atoms with van der Waals surface area (Å²) in [6, 6.07) is 18.4. The van der Waals surface area contributed by atoms with Gasteiger partial charge < -0.3 is 9.64 Å². The summed E-state index contributed by atoms with van der Waals surface area (Å²) in [5.74, 6) is -0.786. The van der Waals surface area contributed by atoms with Crippen molar-refractivity contribution >= 4 is 11.9 Å². The van der Waals surface area contributed by atoms with Gasteiger partial charge in [-0.25, -0.2) is 9.48 Å². The highest BCUT2D eigenvalue weighted by Crippen LogP contribution is 2.18. The van der Waals surface area contributed by atoms with Crippen LogP contribution in [0.25, 0.3) is 5.69 Å². The van der Waals surface area contributed by atoms with Gasteiger partial charge in [0.15, 0.2) is 6.61 Å². The molecule has 144 valence electrons. The average Bonchev–Trinajstić information content (AvgIpc) is 3.17. The molecule has 1 heterocycles. The molecule has 0 saturated heterocycles. The number of amides is 1. The highest BCUT2D eigenvalue weighted by Gasteiger charge is 2.19. The van der Waals surface area contributed by atoms with Crippen LogP contribution in [0.15, 0.2) is 66.9 Å². The summed E-state index contributed by atoms with van der Waals surface area (Å²) in [6.45, 7) is 3.59. The van der Waals surface area contributed by atoms with Gasteiger partial charge in [-0.2, -0.15) is 5.10 Å². The van der Waals surface area contributed by atoms with Gasteiger partial charge in [0.25, 0.3) is 5.91 Å². The van der Waals surface area contributed by atoms with E-state index < -0.39 is 5.97 Å². The van der Waals surface area contributed by atoms with Gasteiger partial charge in [0.05, 0.1) is 17.3 Å². The Hall–Kier alpha value is -3.41. The second-order valence-corrected chi connectivity index (χ2v) is 6.60. The smallest absolute Gasteiger partial charge is 0.338 e. The molecule has 0 aliphatic carbocycles. The van der Waals surface area contributed by atoms with E-state index in [9.17, 15) is 9.59 Å². The normalized spacial score (nSPS) is 11.7. The summed E-state index contributed by atoms with van der Waals surface area (Å²) in [5, 5.41) is 4.23. The minimum atomic E-state index is -0.530. The van der Waals surface area contributed by atoms with Crippen molar-refractivity contribution < 1.29 is 14.3 Å². The van der Waals surface area contributed by atoms with Crippen LogP contribution in [0.2, 0.25) is 0 Å². The number of aryl methyl sites for hydroxylation is 1. The summed E-state index contributed by atoms with van der Waals surface area (Å²) in [4.78, 5) is 26.2. The first-order chi connectivity index (χ1) is 13.5. The fourth-order valence-corrected chi connectivity index (χ4v) is 2.86. The fourth-order valence-electron chi connectivity index (χ4n) is 2.86. The second-order valence-electron chi connectivity index (χ2n) is 6.60. The summed E-state index contributed by atoms with van der Waals surface area (Å²) >= 11 is 0. The van der Waals surface area contributed by atoms with Crippen LogP contribution in [0.3, 0.4) is 0 Å². The van der Waals surface area contributed by atoms with Crippen LogP contribution in [0.5, 0.6) is 0 Å². The number of carbonyl (C=O) groups excluding carboxylic acids is 2. The number of hydrogen-bond donors (Lipinski definition) is 0. The molecule has 0 saturated carbocycles. The Labute approximate surface area is 164 Å². The molecule has 1 amide bonds. The molecule has 0 radical (unpaired) electrons. The molecule has 0 aliphatic heterocycles. The molecular weight excluding hydrogens is 354 g/mol. The number of carbonyl (C=O) groups is 2. The zero-order valence-electron chi connectivity index (χ0n) is 16.2. The molecule has 1 aromatic heterocycles. The number of aromatic nitrogens is 2. The first-order valence-electron chi connectivity index (χ1n) is 9.06. The predicted octanol–water partition coefficient (Wildman–Crippen LogP) is 3.56. The van der Waals surface area contributed by atoms with Gasteiger partial charge in [-0.15, -0.1) is 0 Å². The molecule has 6 nitrogen and oxygen atoms in total. The monoisotopic (exact) mass is 377 g/mol. The number of ether oxygens (including phenoxy) is 1. The fraction of sp³-hybridized carbons (Fsp3) is 0.227. The van der Waals surface area contributed by atoms with E-state index in [0.717, 1.165) is 16.9 Å². The van der Waals surface area contributed by atoms with Crippen molar-refractivity contribution in [2.45, 2.75) is 19.9 Å². The van der Waals surface area contributed by atoms with Gasteiger partial charge in [0, 0.05) is 18.9 Å². The lowest BCUT2D eigenvalue weighted by molar-refractivity contribution is -0.135. The molecule has 0 fully saturated rings. The summed E-state index contributed by atoms with van der Waals surface area (Å²) in [5.41, 5.74) is 3.26. The van der Waals surface area contributed by atoms with E-state index >= 15 is 0 Å². The summed E-state index contributed by atoms with van der Waals surface area (Å²) in [6.07, 6.45) is 1.72. The maximum atomic E-state index is 12.4. The third kappa shape index (κ3) is 4.28. The molecule has 0 N–H and O–H groups in total. The maximum absolute atomic E-state index is 12.4. The van der Waals surface area contributed by atoms with E-state index in [-0.39, 0.29) is 18.6 Å². The number of esters is 1. The van der Waals surface area contributed by atoms with Crippen molar-refractivity contribution in [1.82, 2.24) is 14.7 Å². The highest BCUT2D eigenvalue weighted by molar-refractivity contribution is 5.91. The first kappa shape index (κ1) is 19.4. The van der Waals surface area contributed by atoms with E-state index in [2.05, 4.69) is 5.10 Å². The SMILES string of the molecule is Cc1ccnn1-c1ccc(C(=O)OCC(=O)N(C)[C@H](C)c2ccccc2)cc1. The van der Waals surface area contributed by atoms with Crippen molar-refractivity contribution in [3.63, 3.8) is 0 Å². The van der Waals surface area contributed by atoms with Crippen molar-refractivity contribution in [3.8, 4) is 5.69 Å². The van der Waals surface area contributed by atoms with E-state index in [0.29, 0.717) is 5.56 Å². The lowest BCUT2D eigenvalue weighted by Crippen LogP contribution is -2.33. The molecule has 3 rings (SSSR count). The molecule has 1 atom stereocenters. The molecule has 2 aromatic carbocycles. The standard InChI is InChI=1S/C22H23N3O3/c1-16-13-14-23-25(16)20-11-9-19(10-12-20)22(27)28-15-21(26)24(3)17(2)18-7-5-4-6-8-18/h4-14,17H,15H2,1-3H3/t17-/m1/s1. The van der Waals surface area contributed by atoms with Gasteiger partial charge in [0.2, 0.25) is 0 Å². The van der Waals surface area contributed by atoms with Crippen LogP contribution in [0, 0.1) is 6.92 Å². The zero-order valence-corrected chi connectivity index (χ0v) is 16.2. The molecule has 6 heteroatoms. The number of benzene rings is 2. The second kappa shape index (κ2) is 8.52. The van der Waals surface area contributed by atoms with E-state index in [1.165, 1.54) is 0 Å². The van der Waals surface area contributed by atoms with Crippen molar-refractivity contribution in [2.75, 3.05) is 13.7 Å². The van der Waals surface area contributed by atoms with E-state index in [1.54, 1.807) is 47.1 Å². The van der Waals surface area contributed by atoms with Crippen molar-refractivity contribution in [3.05, 3.63) is 83.7 Å². The van der Waals surface area contributed by atoms with Crippen LogP contribution < -0.4 is 0 Å². The minimum Gasteiger partial charge on any atom is -0.452 e. The molecule has 28 heavy (non-hydrogen) atoms. The van der Waals surface area contributed by atoms with Crippen LogP contribution in [-0.2, 0) is 9.53 Å². The van der Waals surface area contributed by atoms with Crippen LogP contribution in [0.4, 0.5) is 0 Å². The highest BCUT2D eigenvalue weighted by atomic mass is 16.5. The third-order valence-electron chi connectivity index (χ3n) is 4.76. The van der Waals surface area contributed by atoms with Gasteiger partial charge in [-0.05, 0) is 49.7 Å². The molecule has 3 aromatic rings. The number of likely N-dealkylation sites (N-methyl/N-ethyl adjacent to an activating group) is 1. The van der Waals surface area contributed by atoms with Crippen LogP contribution in [0.1, 0.15) is 34.6 Å². The lowest BCUT2D eigenvalue weighted by atomic mass is 10.1. The Bertz CT molecular complexity index is 949. The van der Waals surface area contributed by atoms with Crippen molar-refractivity contribution in [2.24, 2.45) is 0 Å². The Morgan fingerprint density at radius 1 is 1.07 bits per heavy atom. The lowest BCUT2D eigenvalue weighted by Gasteiger charge is -2.25. The average molecular weight is 377 g/mol. The van der Waals surface area contributed by atoms with Gasteiger partial charge in [-0.1, -0.05) is 30.3 Å². The molecule has 0 aliphatic rings. The summed E-state index contributed by atoms with van der Waals surface area (Å²) in [7, 11) is 1.70. The summed E-state index contributed by atoms with van der Waals surface area (Å²) < 4.78 is 6.98. The number of hydrogen-bond acceptors (Lipinski definition) is 4. The largest absolute Gasteiger partial charge is 0.452 e. The van der Waals surface area contributed by atoms with Crippen LogP contribution in [-0.4, -0.2) is 40.2 Å². The Morgan fingerprint density at radius 3 is 2.36 bits per heavy atom. The molecular formula is C22H23N3O3. The molecule has 0 bridgehead atoms. The quantitative estimate of drug-likeness (QED) is 0.616. The number of rotatable bonds is 6. The Balaban J connectivity index is 1.57. The minimum absolute atomic E-state index is 0.107. The maximum Gasteiger partial charge on any atom is 0.338 e. The Morgan fingerprint density at radius 2 is 1.75 bits per heavy atom.